The molecule has 0 N–H and O–H groups in total. The summed E-state index contributed by atoms with van der Waals surface area (Å²) in [6.07, 6.45) is 3.94. The van der Waals surface area contributed by atoms with Crippen LogP contribution in [0.1, 0.15) is 11.3 Å². The smallest absolute Gasteiger partial charge is 0.231 e. The Labute approximate surface area is 144 Å². The second kappa shape index (κ2) is 6.26. The van der Waals surface area contributed by atoms with Crippen LogP contribution in [0.3, 0.4) is 0 Å². The van der Waals surface area contributed by atoms with Crippen molar-refractivity contribution in [3.8, 4) is 22.1 Å². The molecule has 1 aromatic carbocycles. The van der Waals surface area contributed by atoms with Crippen molar-refractivity contribution >= 4 is 11.3 Å². The third-order valence-corrected chi connectivity index (χ3v) is 4.75. The summed E-state index contributed by atoms with van der Waals surface area (Å²) in [5.41, 5.74) is 3.33. The summed E-state index contributed by atoms with van der Waals surface area (Å²) < 4.78 is 12.6. The van der Waals surface area contributed by atoms with Crippen molar-refractivity contribution in [2.24, 2.45) is 7.05 Å². The van der Waals surface area contributed by atoms with Gasteiger partial charge in [-0.15, -0.1) is 11.3 Å². The first-order valence-electron chi connectivity index (χ1n) is 7.68. The maximum absolute atomic E-state index is 5.44. The van der Waals surface area contributed by atoms with Crippen molar-refractivity contribution in [2.45, 2.75) is 13.1 Å². The summed E-state index contributed by atoms with van der Waals surface area (Å²) in [5, 5.41) is 7.31. The van der Waals surface area contributed by atoms with Crippen molar-refractivity contribution in [3.63, 3.8) is 0 Å². The SMILES string of the molecule is CN(Cc1cnn(C)c1)Cc1csc(-c2ccc3c(c2)OCO3)n1. The molecule has 124 valence electrons. The van der Waals surface area contributed by atoms with Gasteiger partial charge < -0.3 is 9.47 Å². The minimum Gasteiger partial charge on any atom is -0.454 e. The standard InChI is InChI=1S/C17H18N4O2S/c1-20(7-12-6-18-21(2)8-12)9-14-10-24-17(19-14)13-3-4-15-16(5-13)23-11-22-15/h3-6,8,10H,7,9,11H2,1-2H3. The van der Waals surface area contributed by atoms with Crippen molar-refractivity contribution in [1.82, 2.24) is 19.7 Å². The molecule has 0 radical (unpaired) electrons. The van der Waals surface area contributed by atoms with Crippen LogP contribution in [-0.2, 0) is 20.1 Å². The van der Waals surface area contributed by atoms with Gasteiger partial charge in [0.25, 0.3) is 0 Å². The highest BCUT2D eigenvalue weighted by atomic mass is 32.1. The van der Waals surface area contributed by atoms with E-state index in [9.17, 15) is 0 Å². The Balaban J connectivity index is 1.44. The number of hydrogen-bond donors (Lipinski definition) is 0. The van der Waals surface area contributed by atoms with Gasteiger partial charge in [0.1, 0.15) is 5.01 Å². The van der Waals surface area contributed by atoms with Gasteiger partial charge in [-0.1, -0.05) is 0 Å². The average molecular weight is 342 g/mol. The van der Waals surface area contributed by atoms with Gasteiger partial charge in [-0.05, 0) is 25.2 Å². The van der Waals surface area contributed by atoms with Crippen LogP contribution in [0, 0.1) is 0 Å². The first kappa shape index (κ1) is 15.2. The summed E-state index contributed by atoms with van der Waals surface area (Å²) in [7, 11) is 4.02. The van der Waals surface area contributed by atoms with Gasteiger partial charge in [-0.3, -0.25) is 9.58 Å². The molecule has 1 aliphatic heterocycles. The molecule has 3 aromatic rings. The maximum Gasteiger partial charge on any atom is 0.231 e. The number of rotatable bonds is 5. The summed E-state index contributed by atoms with van der Waals surface area (Å²) >= 11 is 1.65. The predicted octanol–water partition coefficient (Wildman–Crippen LogP) is 2.90. The molecule has 0 amide bonds. The zero-order valence-electron chi connectivity index (χ0n) is 13.6. The lowest BCUT2D eigenvalue weighted by Crippen LogP contribution is -2.17. The Hall–Kier alpha value is -2.38. The van der Waals surface area contributed by atoms with Crippen molar-refractivity contribution in [1.29, 1.82) is 0 Å². The number of fused-ring (bicyclic) bond motifs is 1. The van der Waals surface area contributed by atoms with Crippen LogP contribution in [0.5, 0.6) is 11.5 Å². The van der Waals surface area contributed by atoms with E-state index in [0.29, 0.717) is 6.79 Å². The summed E-state index contributed by atoms with van der Waals surface area (Å²) in [6.45, 7) is 1.95. The van der Waals surface area contributed by atoms with E-state index in [1.807, 2.05) is 42.3 Å². The van der Waals surface area contributed by atoms with E-state index in [0.717, 1.165) is 40.9 Å². The van der Waals surface area contributed by atoms with E-state index in [1.54, 1.807) is 11.3 Å². The monoisotopic (exact) mass is 342 g/mol. The third kappa shape index (κ3) is 3.13. The molecule has 0 fully saturated rings. The van der Waals surface area contributed by atoms with Crippen LogP contribution in [0.25, 0.3) is 10.6 Å². The fourth-order valence-electron chi connectivity index (χ4n) is 2.74. The van der Waals surface area contributed by atoms with Gasteiger partial charge in [-0.25, -0.2) is 4.98 Å². The highest BCUT2D eigenvalue weighted by Crippen LogP contribution is 2.36. The number of aryl methyl sites for hydroxylation is 1. The molecule has 24 heavy (non-hydrogen) atoms. The second-order valence-electron chi connectivity index (χ2n) is 5.91. The van der Waals surface area contributed by atoms with E-state index in [2.05, 4.69) is 22.4 Å². The molecule has 0 unspecified atom stereocenters. The lowest BCUT2D eigenvalue weighted by Gasteiger charge is -2.13. The van der Waals surface area contributed by atoms with Gasteiger partial charge >= 0.3 is 0 Å². The zero-order chi connectivity index (χ0) is 16.5. The largest absolute Gasteiger partial charge is 0.454 e. The zero-order valence-corrected chi connectivity index (χ0v) is 14.4. The molecule has 0 saturated carbocycles. The Kier molecular flexibility index (Phi) is 3.95. The fraction of sp³-hybridized carbons (Fsp3) is 0.294. The first-order valence-corrected chi connectivity index (χ1v) is 8.56. The van der Waals surface area contributed by atoms with E-state index in [-0.39, 0.29) is 0 Å². The molecule has 6 nitrogen and oxygen atoms in total. The van der Waals surface area contributed by atoms with E-state index >= 15 is 0 Å². The molecular weight excluding hydrogens is 324 g/mol. The molecule has 0 atom stereocenters. The Morgan fingerprint density at radius 1 is 1.25 bits per heavy atom. The van der Waals surface area contributed by atoms with E-state index in [4.69, 9.17) is 14.5 Å². The van der Waals surface area contributed by atoms with Crippen LogP contribution in [0.4, 0.5) is 0 Å². The fourth-order valence-corrected chi connectivity index (χ4v) is 3.55. The summed E-state index contributed by atoms with van der Waals surface area (Å²) in [6, 6.07) is 5.95. The molecule has 3 heterocycles. The molecular formula is C17H18N4O2S. The molecule has 4 rings (SSSR count). The van der Waals surface area contributed by atoms with Crippen LogP contribution in [0.15, 0.2) is 36.0 Å². The van der Waals surface area contributed by atoms with Crippen molar-refractivity contribution in [2.75, 3.05) is 13.8 Å². The van der Waals surface area contributed by atoms with E-state index < -0.39 is 0 Å². The van der Waals surface area contributed by atoms with Crippen LogP contribution < -0.4 is 9.47 Å². The van der Waals surface area contributed by atoms with Crippen molar-refractivity contribution in [3.05, 3.63) is 47.2 Å². The predicted molar refractivity (Wildman–Crippen MR) is 92.1 cm³/mol. The van der Waals surface area contributed by atoms with Gasteiger partial charge in [0, 0.05) is 42.8 Å². The quantitative estimate of drug-likeness (QED) is 0.714. The molecule has 0 bridgehead atoms. The first-order chi connectivity index (χ1) is 11.7. The number of benzene rings is 1. The van der Waals surface area contributed by atoms with Gasteiger partial charge in [0.05, 0.1) is 11.9 Å². The molecule has 7 heteroatoms. The number of ether oxygens (including phenoxy) is 2. The lowest BCUT2D eigenvalue weighted by molar-refractivity contribution is 0.174. The average Bonchev–Trinajstić information content (AvgIpc) is 3.27. The molecule has 2 aromatic heterocycles. The molecule has 0 spiro atoms. The number of nitrogens with zero attached hydrogens (tertiary/aromatic N) is 4. The maximum atomic E-state index is 5.44. The lowest BCUT2D eigenvalue weighted by atomic mass is 10.2. The Morgan fingerprint density at radius 2 is 2.12 bits per heavy atom. The normalized spacial score (nSPS) is 13.0. The summed E-state index contributed by atoms with van der Waals surface area (Å²) in [4.78, 5) is 6.98. The minimum absolute atomic E-state index is 0.293. The molecule has 1 aliphatic rings. The molecule has 0 saturated heterocycles. The number of aromatic nitrogens is 3. The number of thiazole rings is 1. The number of hydrogen-bond acceptors (Lipinski definition) is 6. The van der Waals surface area contributed by atoms with Gasteiger partial charge in [0.15, 0.2) is 11.5 Å². The van der Waals surface area contributed by atoms with Crippen LogP contribution >= 0.6 is 11.3 Å². The Bertz CT molecular complexity index is 858. The minimum atomic E-state index is 0.293. The summed E-state index contributed by atoms with van der Waals surface area (Å²) in [5.74, 6) is 1.59. The van der Waals surface area contributed by atoms with Gasteiger partial charge in [-0.2, -0.15) is 5.10 Å². The van der Waals surface area contributed by atoms with Crippen LogP contribution in [-0.4, -0.2) is 33.5 Å². The van der Waals surface area contributed by atoms with E-state index in [1.165, 1.54) is 5.56 Å². The highest BCUT2D eigenvalue weighted by molar-refractivity contribution is 7.13. The topological polar surface area (TPSA) is 52.4 Å². The van der Waals surface area contributed by atoms with Crippen LogP contribution in [0.2, 0.25) is 0 Å². The van der Waals surface area contributed by atoms with Crippen molar-refractivity contribution < 1.29 is 9.47 Å². The third-order valence-electron chi connectivity index (χ3n) is 3.81. The van der Waals surface area contributed by atoms with Gasteiger partial charge in [0.2, 0.25) is 6.79 Å². The Morgan fingerprint density at radius 3 is 2.96 bits per heavy atom. The highest BCUT2D eigenvalue weighted by Gasteiger charge is 2.15. The molecule has 0 aliphatic carbocycles. The second-order valence-corrected chi connectivity index (χ2v) is 6.76.